The summed E-state index contributed by atoms with van der Waals surface area (Å²) < 4.78 is 11.0. The third-order valence-corrected chi connectivity index (χ3v) is 4.36. The fraction of sp³-hybridized carbons (Fsp3) is 0.500. The van der Waals surface area contributed by atoms with Crippen LogP contribution in [0.2, 0.25) is 0 Å². The molecule has 0 bridgehead atoms. The van der Waals surface area contributed by atoms with Crippen LogP contribution in [-0.2, 0) is 17.6 Å². The third kappa shape index (κ3) is 2.09. The lowest BCUT2D eigenvalue weighted by Crippen LogP contribution is -2.38. The van der Waals surface area contributed by atoms with Crippen molar-refractivity contribution in [2.24, 2.45) is 0 Å². The van der Waals surface area contributed by atoms with Crippen molar-refractivity contribution in [3.05, 3.63) is 29.5 Å². The van der Waals surface area contributed by atoms with Crippen LogP contribution in [-0.4, -0.2) is 49.3 Å². The van der Waals surface area contributed by atoms with E-state index in [0.29, 0.717) is 13.2 Å². The highest BCUT2D eigenvalue weighted by Crippen LogP contribution is 2.29. The summed E-state index contributed by atoms with van der Waals surface area (Å²) in [5.74, 6) is 0.944. The minimum Gasteiger partial charge on any atom is -0.486 e. The molecular formula is C16H20N2O2. The zero-order chi connectivity index (χ0) is 13.5. The van der Waals surface area contributed by atoms with Gasteiger partial charge in [-0.05, 0) is 31.2 Å². The lowest BCUT2D eigenvalue weighted by Gasteiger charge is -2.26. The van der Waals surface area contributed by atoms with Gasteiger partial charge in [0.05, 0.1) is 13.2 Å². The Balaban J connectivity index is 1.66. The number of aromatic nitrogens is 1. The van der Waals surface area contributed by atoms with Crippen LogP contribution >= 0.6 is 0 Å². The molecule has 106 valence electrons. The molecule has 3 heterocycles. The summed E-state index contributed by atoms with van der Waals surface area (Å²) in [6.07, 6.45) is 2.46. The van der Waals surface area contributed by atoms with Crippen molar-refractivity contribution in [3.63, 3.8) is 0 Å². The molecule has 0 atom stereocenters. The number of H-pyrrole nitrogens is 1. The summed E-state index contributed by atoms with van der Waals surface area (Å²) in [4.78, 5) is 5.98. The Morgan fingerprint density at radius 1 is 1.25 bits per heavy atom. The van der Waals surface area contributed by atoms with Gasteiger partial charge in [0.25, 0.3) is 0 Å². The second-order valence-electron chi connectivity index (χ2n) is 5.87. The summed E-state index contributed by atoms with van der Waals surface area (Å²) in [5.41, 5.74) is 4.09. The second-order valence-corrected chi connectivity index (χ2v) is 5.87. The maximum Gasteiger partial charge on any atom is 0.145 e. The van der Waals surface area contributed by atoms with Gasteiger partial charge in [-0.15, -0.1) is 0 Å². The third-order valence-electron chi connectivity index (χ3n) is 4.36. The van der Waals surface area contributed by atoms with Crippen LogP contribution in [0.25, 0.3) is 10.9 Å². The van der Waals surface area contributed by atoms with E-state index in [4.69, 9.17) is 9.47 Å². The molecule has 20 heavy (non-hydrogen) atoms. The number of aromatic amines is 1. The summed E-state index contributed by atoms with van der Waals surface area (Å²) in [6.45, 7) is 3.69. The van der Waals surface area contributed by atoms with Crippen LogP contribution < -0.4 is 4.74 Å². The van der Waals surface area contributed by atoms with Crippen molar-refractivity contribution >= 4 is 10.9 Å². The topological polar surface area (TPSA) is 37.5 Å². The maximum absolute atomic E-state index is 5.88. The SMILES string of the molecule is CN1CCc2[nH]c3cc(OC4COC4)ccc3c2CC1. The first kappa shape index (κ1) is 12.2. The molecule has 4 rings (SSSR count). The number of likely N-dealkylation sites (N-methyl/N-ethyl adjacent to an activating group) is 1. The Bertz CT molecular complexity index is 631. The average Bonchev–Trinajstić information content (AvgIpc) is 2.65. The maximum atomic E-state index is 5.88. The van der Waals surface area contributed by atoms with Crippen LogP contribution in [0, 0.1) is 0 Å². The molecule has 1 aromatic heterocycles. The molecule has 2 aliphatic heterocycles. The summed E-state index contributed by atoms with van der Waals surface area (Å²) in [7, 11) is 2.20. The quantitative estimate of drug-likeness (QED) is 0.908. The largest absolute Gasteiger partial charge is 0.486 e. The van der Waals surface area contributed by atoms with Gasteiger partial charge < -0.3 is 19.4 Å². The zero-order valence-corrected chi connectivity index (χ0v) is 11.8. The van der Waals surface area contributed by atoms with Crippen molar-refractivity contribution < 1.29 is 9.47 Å². The van der Waals surface area contributed by atoms with Crippen LogP contribution in [0.4, 0.5) is 0 Å². The number of rotatable bonds is 2. The Labute approximate surface area is 118 Å². The first-order chi connectivity index (χ1) is 9.79. The molecule has 0 aliphatic carbocycles. The van der Waals surface area contributed by atoms with Crippen molar-refractivity contribution in [1.82, 2.24) is 9.88 Å². The van der Waals surface area contributed by atoms with Crippen LogP contribution in [0.3, 0.4) is 0 Å². The normalized spacial score (nSPS) is 20.4. The molecule has 0 spiro atoms. The molecule has 1 N–H and O–H groups in total. The average molecular weight is 272 g/mol. The smallest absolute Gasteiger partial charge is 0.145 e. The molecule has 4 nitrogen and oxygen atoms in total. The fourth-order valence-electron chi connectivity index (χ4n) is 3.05. The standard InChI is InChI=1S/C16H20N2O2/c1-18-6-4-14-13-3-2-11(20-12-9-19-10-12)8-16(13)17-15(14)5-7-18/h2-3,8,12,17H,4-7,9-10H2,1H3. The van der Waals surface area contributed by atoms with Gasteiger partial charge in [-0.2, -0.15) is 0 Å². The van der Waals surface area contributed by atoms with E-state index in [1.807, 2.05) is 0 Å². The number of ether oxygens (including phenoxy) is 2. The van der Waals surface area contributed by atoms with Crippen molar-refractivity contribution in [2.45, 2.75) is 18.9 Å². The zero-order valence-electron chi connectivity index (χ0n) is 11.8. The van der Waals surface area contributed by atoms with Crippen LogP contribution in [0.1, 0.15) is 11.3 Å². The molecule has 2 aromatic rings. The van der Waals surface area contributed by atoms with Gasteiger partial charge in [0.1, 0.15) is 11.9 Å². The summed E-state index contributed by atoms with van der Waals surface area (Å²) >= 11 is 0. The van der Waals surface area contributed by atoms with Crippen LogP contribution in [0.15, 0.2) is 18.2 Å². The molecular weight excluding hydrogens is 252 g/mol. The highest BCUT2D eigenvalue weighted by Gasteiger charge is 2.21. The Morgan fingerprint density at radius 3 is 2.90 bits per heavy atom. The van der Waals surface area contributed by atoms with E-state index in [9.17, 15) is 0 Å². The number of nitrogens with one attached hydrogen (secondary N) is 1. The van der Waals surface area contributed by atoms with E-state index >= 15 is 0 Å². The minimum absolute atomic E-state index is 0.230. The van der Waals surface area contributed by atoms with E-state index in [0.717, 1.165) is 31.7 Å². The first-order valence-electron chi connectivity index (χ1n) is 7.36. The van der Waals surface area contributed by atoms with Gasteiger partial charge in [0.15, 0.2) is 0 Å². The Morgan fingerprint density at radius 2 is 2.10 bits per heavy atom. The van der Waals surface area contributed by atoms with E-state index in [-0.39, 0.29) is 6.10 Å². The number of hydrogen-bond acceptors (Lipinski definition) is 3. The lowest BCUT2D eigenvalue weighted by atomic mass is 10.1. The monoisotopic (exact) mass is 272 g/mol. The highest BCUT2D eigenvalue weighted by molar-refractivity contribution is 5.86. The molecule has 0 unspecified atom stereocenters. The van der Waals surface area contributed by atoms with Crippen molar-refractivity contribution in [1.29, 1.82) is 0 Å². The van der Waals surface area contributed by atoms with Gasteiger partial charge in [-0.25, -0.2) is 0 Å². The minimum atomic E-state index is 0.230. The van der Waals surface area contributed by atoms with Gasteiger partial charge >= 0.3 is 0 Å². The number of benzene rings is 1. The number of fused-ring (bicyclic) bond motifs is 3. The first-order valence-corrected chi connectivity index (χ1v) is 7.36. The number of hydrogen-bond donors (Lipinski definition) is 1. The van der Waals surface area contributed by atoms with E-state index in [1.54, 1.807) is 0 Å². The Hall–Kier alpha value is -1.52. The second kappa shape index (κ2) is 4.79. The predicted octanol–water partition coefficient (Wildman–Crippen LogP) is 1.98. The van der Waals surface area contributed by atoms with Gasteiger partial charge in [0.2, 0.25) is 0 Å². The molecule has 0 radical (unpaired) electrons. The number of nitrogens with zero attached hydrogens (tertiary/aromatic N) is 1. The van der Waals surface area contributed by atoms with Gasteiger partial charge in [-0.3, -0.25) is 0 Å². The van der Waals surface area contributed by atoms with Crippen LogP contribution in [0.5, 0.6) is 5.75 Å². The Kier molecular flexibility index (Phi) is 2.93. The van der Waals surface area contributed by atoms with Crippen molar-refractivity contribution in [2.75, 3.05) is 33.4 Å². The lowest BCUT2D eigenvalue weighted by molar-refractivity contribution is -0.0796. The summed E-state index contributed by atoms with van der Waals surface area (Å²) in [5, 5.41) is 1.35. The molecule has 2 aliphatic rings. The molecule has 1 saturated heterocycles. The molecule has 0 saturated carbocycles. The molecule has 1 aromatic carbocycles. The van der Waals surface area contributed by atoms with Gasteiger partial charge in [-0.1, -0.05) is 0 Å². The molecule has 1 fully saturated rings. The van der Waals surface area contributed by atoms with Gasteiger partial charge in [0, 0.05) is 42.2 Å². The summed E-state index contributed by atoms with van der Waals surface area (Å²) in [6, 6.07) is 6.42. The van der Waals surface area contributed by atoms with Crippen molar-refractivity contribution in [3.8, 4) is 5.75 Å². The van der Waals surface area contributed by atoms with E-state index < -0.39 is 0 Å². The molecule has 4 heteroatoms. The fourth-order valence-corrected chi connectivity index (χ4v) is 3.05. The van der Waals surface area contributed by atoms with E-state index in [1.165, 1.54) is 22.2 Å². The van der Waals surface area contributed by atoms with E-state index in [2.05, 4.69) is 35.1 Å². The molecule has 0 amide bonds. The predicted molar refractivity (Wildman–Crippen MR) is 78.4 cm³/mol. The highest BCUT2D eigenvalue weighted by atomic mass is 16.6.